The largest absolute Gasteiger partial charge is 0.393 e. The molecule has 0 aromatic rings. The molecule has 0 aliphatic rings. The van der Waals surface area contributed by atoms with Crippen LogP contribution in [0.3, 0.4) is 0 Å². The third kappa shape index (κ3) is 3.81. The monoisotopic (exact) mass is 116 g/mol. The van der Waals surface area contributed by atoms with Crippen LogP contribution in [0.5, 0.6) is 0 Å². The summed E-state index contributed by atoms with van der Waals surface area (Å²) in [4.78, 5) is 9.73. The Morgan fingerprint density at radius 3 is 2.75 bits per heavy atom. The lowest BCUT2D eigenvalue weighted by atomic mass is 10.2. The zero-order valence-corrected chi connectivity index (χ0v) is 5.13. The van der Waals surface area contributed by atoms with Crippen LogP contribution in [0.25, 0.3) is 0 Å². The van der Waals surface area contributed by atoms with Crippen LogP contribution in [-0.4, -0.2) is 17.5 Å². The van der Waals surface area contributed by atoms with Crippen molar-refractivity contribution in [2.75, 3.05) is 0 Å². The smallest absolute Gasteiger partial charge is 0.122 e. The van der Waals surface area contributed by atoms with Crippen molar-refractivity contribution in [2.24, 2.45) is 0 Å². The zero-order chi connectivity index (χ0) is 6.41. The van der Waals surface area contributed by atoms with Crippen molar-refractivity contribution < 1.29 is 9.90 Å². The second kappa shape index (κ2) is 4.78. The van der Waals surface area contributed by atoms with Crippen LogP contribution in [0.1, 0.15) is 26.2 Å². The normalized spacial score (nSPS) is 13.2. The summed E-state index contributed by atoms with van der Waals surface area (Å²) in [6.45, 7) is 1.98. The van der Waals surface area contributed by atoms with Gasteiger partial charge in [-0.3, -0.25) is 0 Å². The van der Waals surface area contributed by atoms with Gasteiger partial charge in [0.1, 0.15) is 6.29 Å². The number of hydrogen-bond acceptors (Lipinski definition) is 2. The SMILES string of the molecule is CCC[C@H](O)CC=O. The first kappa shape index (κ1) is 7.63. The Morgan fingerprint density at radius 1 is 1.75 bits per heavy atom. The van der Waals surface area contributed by atoms with Crippen LogP contribution in [0, 0.1) is 0 Å². The van der Waals surface area contributed by atoms with E-state index >= 15 is 0 Å². The van der Waals surface area contributed by atoms with Gasteiger partial charge in [0, 0.05) is 6.42 Å². The maximum Gasteiger partial charge on any atom is 0.122 e. The second-order valence-electron chi connectivity index (χ2n) is 1.84. The molecule has 0 spiro atoms. The Hall–Kier alpha value is -0.370. The van der Waals surface area contributed by atoms with Crippen molar-refractivity contribution in [2.45, 2.75) is 32.3 Å². The van der Waals surface area contributed by atoms with Crippen LogP contribution in [0.4, 0.5) is 0 Å². The van der Waals surface area contributed by atoms with Crippen LogP contribution >= 0.6 is 0 Å². The molecule has 0 aliphatic heterocycles. The predicted molar refractivity (Wildman–Crippen MR) is 31.6 cm³/mol. The maximum atomic E-state index is 9.73. The lowest BCUT2D eigenvalue weighted by molar-refractivity contribution is -0.109. The molecule has 0 heterocycles. The summed E-state index contributed by atoms with van der Waals surface area (Å²) in [5.41, 5.74) is 0. The van der Waals surface area contributed by atoms with E-state index in [1.165, 1.54) is 0 Å². The molecule has 0 unspecified atom stereocenters. The highest BCUT2D eigenvalue weighted by Gasteiger charge is 1.98. The number of hydrogen-bond donors (Lipinski definition) is 1. The van der Waals surface area contributed by atoms with Crippen molar-refractivity contribution in [3.05, 3.63) is 0 Å². The predicted octanol–water partition coefficient (Wildman–Crippen LogP) is 0.736. The lowest BCUT2D eigenvalue weighted by Gasteiger charge is -2.01. The molecule has 0 saturated heterocycles. The maximum absolute atomic E-state index is 9.73. The van der Waals surface area contributed by atoms with Crippen LogP contribution in [0.15, 0.2) is 0 Å². The summed E-state index contributed by atoms with van der Waals surface area (Å²) in [7, 11) is 0. The first-order chi connectivity index (χ1) is 3.81. The molecular weight excluding hydrogens is 104 g/mol. The highest BCUT2D eigenvalue weighted by molar-refractivity contribution is 5.49. The minimum absolute atomic E-state index is 0.286. The molecule has 0 aromatic carbocycles. The zero-order valence-electron chi connectivity index (χ0n) is 5.13. The number of carbonyl (C=O) groups excluding carboxylic acids is 1. The van der Waals surface area contributed by atoms with Crippen LogP contribution < -0.4 is 0 Å². The van der Waals surface area contributed by atoms with Crippen molar-refractivity contribution >= 4 is 6.29 Å². The van der Waals surface area contributed by atoms with E-state index in [2.05, 4.69) is 0 Å². The number of carbonyl (C=O) groups is 1. The van der Waals surface area contributed by atoms with E-state index in [9.17, 15) is 4.79 Å². The highest BCUT2D eigenvalue weighted by Crippen LogP contribution is 1.97. The molecule has 8 heavy (non-hydrogen) atoms. The highest BCUT2D eigenvalue weighted by atomic mass is 16.3. The second-order valence-corrected chi connectivity index (χ2v) is 1.84. The van der Waals surface area contributed by atoms with Gasteiger partial charge in [0.05, 0.1) is 6.10 Å². The molecule has 0 radical (unpaired) electrons. The molecule has 2 heteroatoms. The van der Waals surface area contributed by atoms with Gasteiger partial charge in [0.25, 0.3) is 0 Å². The first-order valence-corrected chi connectivity index (χ1v) is 2.93. The van der Waals surface area contributed by atoms with Crippen molar-refractivity contribution in [1.82, 2.24) is 0 Å². The van der Waals surface area contributed by atoms with E-state index in [4.69, 9.17) is 5.11 Å². The van der Waals surface area contributed by atoms with Crippen molar-refractivity contribution in [3.8, 4) is 0 Å². The molecule has 1 atom stereocenters. The molecule has 0 fully saturated rings. The Labute approximate surface area is 49.5 Å². The summed E-state index contributed by atoms with van der Waals surface area (Å²) >= 11 is 0. The van der Waals surface area contributed by atoms with E-state index in [0.717, 1.165) is 19.1 Å². The summed E-state index contributed by atoms with van der Waals surface area (Å²) < 4.78 is 0. The van der Waals surface area contributed by atoms with Gasteiger partial charge in [0.2, 0.25) is 0 Å². The molecule has 2 nitrogen and oxygen atoms in total. The fraction of sp³-hybridized carbons (Fsp3) is 0.833. The Kier molecular flexibility index (Phi) is 4.56. The minimum atomic E-state index is -0.405. The average molecular weight is 116 g/mol. The van der Waals surface area contributed by atoms with Crippen molar-refractivity contribution in [3.63, 3.8) is 0 Å². The van der Waals surface area contributed by atoms with Gasteiger partial charge >= 0.3 is 0 Å². The van der Waals surface area contributed by atoms with Gasteiger partial charge in [-0.15, -0.1) is 0 Å². The molecule has 0 amide bonds. The van der Waals surface area contributed by atoms with E-state index < -0.39 is 6.10 Å². The third-order valence-corrected chi connectivity index (χ3v) is 0.990. The number of aliphatic hydroxyl groups is 1. The number of rotatable bonds is 4. The molecule has 48 valence electrons. The fourth-order valence-corrected chi connectivity index (χ4v) is 0.562. The number of aliphatic hydroxyl groups excluding tert-OH is 1. The van der Waals surface area contributed by atoms with Crippen molar-refractivity contribution in [1.29, 1.82) is 0 Å². The quantitative estimate of drug-likeness (QED) is 0.550. The van der Waals surface area contributed by atoms with E-state index in [0.29, 0.717) is 0 Å². The van der Waals surface area contributed by atoms with Gasteiger partial charge < -0.3 is 9.90 Å². The fourth-order valence-electron chi connectivity index (χ4n) is 0.562. The Balaban J connectivity index is 3.03. The lowest BCUT2D eigenvalue weighted by Crippen LogP contribution is -2.05. The summed E-state index contributed by atoms with van der Waals surface area (Å²) in [6.07, 6.45) is 2.31. The van der Waals surface area contributed by atoms with Gasteiger partial charge in [-0.25, -0.2) is 0 Å². The number of aldehydes is 1. The molecule has 0 saturated carbocycles. The van der Waals surface area contributed by atoms with Gasteiger partial charge in [-0.1, -0.05) is 13.3 Å². The molecule has 0 aliphatic carbocycles. The van der Waals surface area contributed by atoms with Gasteiger partial charge in [0.15, 0.2) is 0 Å². The first-order valence-electron chi connectivity index (χ1n) is 2.93. The van der Waals surface area contributed by atoms with Crippen LogP contribution in [0.2, 0.25) is 0 Å². The van der Waals surface area contributed by atoms with Gasteiger partial charge in [-0.2, -0.15) is 0 Å². The molecule has 0 bridgehead atoms. The van der Waals surface area contributed by atoms with E-state index in [1.54, 1.807) is 0 Å². The van der Waals surface area contributed by atoms with E-state index in [1.807, 2.05) is 6.92 Å². The molecule has 1 N–H and O–H groups in total. The Bertz CT molecular complexity index is 61.5. The van der Waals surface area contributed by atoms with E-state index in [-0.39, 0.29) is 6.42 Å². The van der Waals surface area contributed by atoms with Crippen LogP contribution in [-0.2, 0) is 4.79 Å². The molecular formula is C6H12O2. The molecule has 0 aromatic heterocycles. The summed E-state index contributed by atoms with van der Waals surface area (Å²) in [5, 5.41) is 8.82. The summed E-state index contributed by atoms with van der Waals surface area (Å²) in [5.74, 6) is 0. The van der Waals surface area contributed by atoms with Gasteiger partial charge in [-0.05, 0) is 6.42 Å². The standard InChI is InChI=1S/C6H12O2/c1-2-3-6(8)4-5-7/h5-6,8H,2-4H2,1H3/t6-/m0/s1. The topological polar surface area (TPSA) is 37.3 Å². The average Bonchev–Trinajstić information content (AvgIpc) is 1.68. The Morgan fingerprint density at radius 2 is 2.38 bits per heavy atom. The molecule has 0 rings (SSSR count). The third-order valence-electron chi connectivity index (χ3n) is 0.990. The summed E-state index contributed by atoms with van der Waals surface area (Å²) in [6, 6.07) is 0. The minimum Gasteiger partial charge on any atom is -0.393 e.